The maximum atomic E-state index is 12.8. The number of carbonyl (C=O) groups excluding carboxylic acids is 1. The average molecular weight is 471 g/mol. The van der Waals surface area contributed by atoms with Crippen molar-refractivity contribution in [2.75, 3.05) is 24.6 Å². The number of hydrogen-bond acceptors (Lipinski definition) is 6. The molecule has 4 rings (SSSR count). The Kier molecular flexibility index (Phi) is 6.41. The third kappa shape index (κ3) is 3.96. The highest BCUT2D eigenvalue weighted by molar-refractivity contribution is 6.43. The molecule has 0 saturated carbocycles. The van der Waals surface area contributed by atoms with E-state index >= 15 is 0 Å². The molecule has 1 aliphatic heterocycles. The fourth-order valence-electron chi connectivity index (χ4n) is 4.33. The third-order valence-corrected chi connectivity index (χ3v) is 7.10. The van der Waals surface area contributed by atoms with Crippen molar-refractivity contribution in [3.8, 4) is 17.3 Å². The average Bonchev–Trinajstić information content (AvgIpc) is 2.75. The molecule has 2 heterocycles. The Morgan fingerprint density at radius 2 is 2.00 bits per heavy atom. The molecule has 1 aliphatic carbocycles. The number of aromatic nitrogens is 2. The highest BCUT2D eigenvalue weighted by Gasteiger charge is 2.40. The quantitative estimate of drug-likeness (QED) is 0.407. The lowest BCUT2D eigenvalue weighted by Gasteiger charge is -2.41. The molecule has 166 valence electrons. The van der Waals surface area contributed by atoms with Crippen LogP contribution >= 0.6 is 23.2 Å². The van der Waals surface area contributed by atoms with Gasteiger partial charge in [0.2, 0.25) is 0 Å². The maximum Gasteiger partial charge on any atom is 0.360 e. The summed E-state index contributed by atoms with van der Waals surface area (Å²) in [7, 11) is 0. The Balaban J connectivity index is 1.72. The first-order chi connectivity index (χ1) is 15.4. The topological polar surface area (TPSA) is 79.1 Å². The van der Waals surface area contributed by atoms with Crippen LogP contribution in [0.4, 0.5) is 5.82 Å². The first kappa shape index (κ1) is 22.6. The van der Waals surface area contributed by atoms with Crippen LogP contribution in [0.2, 0.25) is 10.0 Å². The molecule has 0 atom stereocenters. The molecule has 0 spiro atoms. The van der Waals surface area contributed by atoms with Crippen LogP contribution in [0.15, 0.2) is 29.8 Å². The van der Waals surface area contributed by atoms with Crippen molar-refractivity contribution in [3.05, 3.63) is 51.3 Å². The van der Waals surface area contributed by atoms with Crippen LogP contribution in [-0.2, 0) is 4.74 Å². The zero-order valence-corrected chi connectivity index (χ0v) is 19.6. The third-order valence-electron chi connectivity index (χ3n) is 6.28. The fourth-order valence-corrected chi connectivity index (χ4v) is 4.72. The molecule has 0 N–H and O–H groups in total. The molecule has 0 amide bonds. The summed E-state index contributed by atoms with van der Waals surface area (Å²) in [5.74, 6) is -0.0507. The molecular formula is C24H24Cl2N4O2. The Bertz CT molecular complexity index is 1130. The molecule has 1 saturated heterocycles. The number of nitriles is 1. The smallest absolute Gasteiger partial charge is 0.360 e. The normalized spacial score (nSPS) is 17.2. The van der Waals surface area contributed by atoms with Crippen LogP contribution in [-0.4, -0.2) is 35.6 Å². The van der Waals surface area contributed by atoms with Crippen molar-refractivity contribution in [1.29, 1.82) is 5.26 Å². The number of halogens is 2. The number of piperidine rings is 1. The van der Waals surface area contributed by atoms with Crippen molar-refractivity contribution >= 4 is 35.0 Å². The molecular weight excluding hydrogens is 447 g/mol. The Hall–Kier alpha value is -2.62. The molecule has 0 radical (unpaired) electrons. The van der Waals surface area contributed by atoms with Gasteiger partial charge in [-0.15, -0.1) is 0 Å². The largest absolute Gasteiger partial charge is 0.461 e. The lowest BCUT2D eigenvalue weighted by Crippen LogP contribution is -2.42. The summed E-state index contributed by atoms with van der Waals surface area (Å²) in [4.78, 5) is 24.3. The number of nitrogens with zero attached hydrogens (tertiary/aromatic N) is 4. The number of anilines is 1. The zero-order chi connectivity index (χ0) is 22.9. The van der Waals surface area contributed by atoms with Gasteiger partial charge in [0.25, 0.3) is 0 Å². The van der Waals surface area contributed by atoms with Gasteiger partial charge in [0.1, 0.15) is 0 Å². The number of rotatable bonds is 5. The van der Waals surface area contributed by atoms with Crippen molar-refractivity contribution in [3.63, 3.8) is 0 Å². The van der Waals surface area contributed by atoms with Gasteiger partial charge in [-0.25, -0.2) is 14.8 Å². The van der Waals surface area contributed by atoms with E-state index in [-0.39, 0.29) is 12.3 Å². The van der Waals surface area contributed by atoms with Crippen molar-refractivity contribution in [1.82, 2.24) is 9.97 Å². The second kappa shape index (κ2) is 9.09. The molecule has 1 fully saturated rings. The predicted molar refractivity (Wildman–Crippen MR) is 125 cm³/mol. The van der Waals surface area contributed by atoms with E-state index in [9.17, 15) is 10.1 Å². The highest BCUT2D eigenvalue weighted by atomic mass is 35.5. The van der Waals surface area contributed by atoms with Crippen LogP contribution in [0.3, 0.4) is 0 Å². The minimum atomic E-state index is -0.534. The molecule has 1 aromatic carbocycles. The molecule has 2 aliphatic rings. The highest BCUT2D eigenvalue weighted by Crippen LogP contribution is 2.45. The minimum Gasteiger partial charge on any atom is -0.461 e. The molecule has 6 nitrogen and oxygen atoms in total. The van der Waals surface area contributed by atoms with E-state index in [1.807, 2.05) is 11.8 Å². The molecule has 1 aromatic heterocycles. The number of allylic oxidation sites excluding steroid dienone is 2. The van der Waals surface area contributed by atoms with Gasteiger partial charge < -0.3 is 9.64 Å². The Morgan fingerprint density at radius 3 is 2.59 bits per heavy atom. The number of hydrogen-bond donors (Lipinski definition) is 0. The van der Waals surface area contributed by atoms with Gasteiger partial charge in [-0.05, 0) is 45.6 Å². The van der Waals surface area contributed by atoms with Crippen LogP contribution in [0.1, 0.15) is 48.8 Å². The van der Waals surface area contributed by atoms with E-state index in [0.717, 1.165) is 12.8 Å². The molecule has 0 bridgehead atoms. The Labute approximate surface area is 197 Å². The number of ether oxygens (including phenoxy) is 1. The van der Waals surface area contributed by atoms with E-state index < -0.39 is 11.4 Å². The minimum absolute atomic E-state index is 0.149. The summed E-state index contributed by atoms with van der Waals surface area (Å²) in [6.45, 7) is 5.04. The van der Waals surface area contributed by atoms with Crippen LogP contribution < -0.4 is 4.90 Å². The van der Waals surface area contributed by atoms with Gasteiger partial charge in [-0.2, -0.15) is 5.26 Å². The number of esters is 1. The SMILES string of the molecule is CCOC(=O)c1nc(-c2cccc(Cl)c2Cl)c(C)nc1N1CCC(C#N)(C2=CCC2)CC1. The molecule has 0 unspecified atom stereocenters. The van der Waals surface area contributed by atoms with Gasteiger partial charge in [0.15, 0.2) is 11.5 Å². The van der Waals surface area contributed by atoms with Crippen LogP contribution in [0, 0.1) is 23.7 Å². The van der Waals surface area contributed by atoms with Crippen molar-refractivity contribution < 1.29 is 9.53 Å². The van der Waals surface area contributed by atoms with E-state index in [0.29, 0.717) is 58.7 Å². The van der Waals surface area contributed by atoms with Crippen LogP contribution in [0.5, 0.6) is 0 Å². The van der Waals surface area contributed by atoms with Gasteiger partial charge in [-0.3, -0.25) is 0 Å². The predicted octanol–water partition coefficient (Wildman–Crippen LogP) is 5.77. The monoisotopic (exact) mass is 470 g/mol. The first-order valence-electron chi connectivity index (χ1n) is 10.8. The summed E-state index contributed by atoms with van der Waals surface area (Å²) < 4.78 is 5.28. The lowest BCUT2D eigenvalue weighted by molar-refractivity contribution is 0.0519. The fraction of sp³-hybridized carbons (Fsp3) is 0.417. The van der Waals surface area contributed by atoms with Gasteiger partial charge in [-0.1, -0.05) is 47.0 Å². The lowest BCUT2D eigenvalue weighted by atomic mass is 9.68. The molecule has 8 heteroatoms. The van der Waals surface area contributed by atoms with Crippen LogP contribution in [0.25, 0.3) is 11.3 Å². The van der Waals surface area contributed by atoms with E-state index in [1.165, 1.54) is 5.57 Å². The van der Waals surface area contributed by atoms with E-state index in [1.54, 1.807) is 25.1 Å². The standard InChI is InChI=1S/C24H24Cl2N4O2/c1-3-32-23(31)21-22(30-12-10-24(14-27,11-13-30)16-6-4-7-16)28-15(2)20(29-21)17-8-5-9-18(25)19(17)26/h5-6,8-9H,3-4,7,10-13H2,1-2H3. The van der Waals surface area contributed by atoms with Gasteiger partial charge in [0, 0.05) is 18.7 Å². The number of carbonyl (C=O) groups is 1. The molecule has 32 heavy (non-hydrogen) atoms. The maximum absolute atomic E-state index is 12.8. The number of benzene rings is 1. The summed E-state index contributed by atoms with van der Waals surface area (Å²) in [6.07, 6.45) is 5.61. The second-order valence-electron chi connectivity index (χ2n) is 8.10. The van der Waals surface area contributed by atoms with E-state index in [4.69, 9.17) is 32.9 Å². The first-order valence-corrected chi connectivity index (χ1v) is 11.5. The summed E-state index contributed by atoms with van der Waals surface area (Å²) in [6, 6.07) is 7.83. The summed E-state index contributed by atoms with van der Waals surface area (Å²) >= 11 is 12.6. The van der Waals surface area contributed by atoms with Crippen molar-refractivity contribution in [2.45, 2.75) is 39.5 Å². The summed E-state index contributed by atoms with van der Waals surface area (Å²) in [5.41, 5.74) is 2.73. The number of aryl methyl sites for hydroxylation is 1. The zero-order valence-electron chi connectivity index (χ0n) is 18.1. The van der Waals surface area contributed by atoms with Gasteiger partial charge >= 0.3 is 5.97 Å². The molecule has 2 aromatic rings. The second-order valence-corrected chi connectivity index (χ2v) is 8.89. The van der Waals surface area contributed by atoms with Crippen molar-refractivity contribution in [2.24, 2.45) is 5.41 Å². The van der Waals surface area contributed by atoms with Gasteiger partial charge in [0.05, 0.1) is 39.5 Å². The van der Waals surface area contributed by atoms with E-state index in [2.05, 4.69) is 17.1 Å². The Morgan fingerprint density at radius 1 is 1.28 bits per heavy atom. The summed E-state index contributed by atoms with van der Waals surface area (Å²) in [5, 5.41) is 10.6.